The Morgan fingerprint density at radius 2 is 1.53 bits per heavy atom. The van der Waals surface area contributed by atoms with E-state index in [1.807, 2.05) is 6.07 Å². The third kappa shape index (κ3) is 4.16. The summed E-state index contributed by atoms with van der Waals surface area (Å²) >= 11 is 0. The lowest BCUT2D eigenvalue weighted by atomic mass is 9.62. The fraction of sp³-hybridized carbons (Fsp3) is 0.714. The molecule has 0 spiro atoms. The zero-order valence-electron chi connectivity index (χ0n) is 19.2. The Kier molecular flexibility index (Phi) is 6.80. The van der Waals surface area contributed by atoms with Crippen LogP contribution in [0.25, 0.3) is 0 Å². The van der Waals surface area contributed by atoms with Gasteiger partial charge in [-0.2, -0.15) is 0 Å². The maximum Gasteiger partial charge on any atom is 0.167 e. The van der Waals surface area contributed by atoms with Gasteiger partial charge in [0.05, 0.1) is 0 Å². The highest BCUT2D eigenvalue weighted by Gasteiger charge is 2.62. The summed E-state index contributed by atoms with van der Waals surface area (Å²) in [5.41, 5.74) is 2.75. The fourth-order valence-electron chi connectivity index (χ4n) is 6.79. The quantitative estimate of drug-likeness (QED) is 0.354. The van der Waals surface area contributed by atoms with Crippen LogP contribution in [0.2, 0.25) is 0 Å². The van der Waals surface area contributed by atoms with Gasteiger partial charge in [0, 0.05) is 23.0 Å². The lowest BCUT2D eigenvalue weighted by Gasteiger charge is -2.38. The molecule has 2 bridgehead atoms. The summed E-state index contributed by atoms with van der Waals surface area (Å²) in [5.74, 6) is 0.883. The number of carbonyl (C=O) groups is 2. The normalized spacial score (nSPS) is 29.3. The van der Waals surface area contributed by atoms with Crippen LogP contribution in [0.15, 0.2) is 18.2 Å². The Morgan fingerprint density at radius 1 is 0.867 bits per heavy atom. The molecule has 0 saturated heterocycles. The van der Waals surface area contributed by atoms with Gasteiger partial charge in [0.1, 0.15) is 0 Å². The first-order valence-electron chi connectivity index (χ1n) is 12.8. The molecule has 0 amide bonds. The second-order valence-electron chi connectivity index (χ2n) is 10.7. The van der Waals surface area contributed by atoms with E-state index < -0.39 is 0 Å². The summed E-state index contributed by atoms with van der Waals surface area (Å²) in [4.78, 5) is 26.6. The largest absolute Gasteiger partial charge is 0.294 e. The Hall–Kier alpha value is -1.44. The maximum atomic E-state index is 13.3. The van der Waals surface area contributed by atoms with E-state index in [0.717, 1.165) is 31.2 Å². The Bertz CT molecular complexity index is 779. The smallest absolute Gasteiger partial charge is 0.167 e. The molecule has 0 radical (unpaired) electrons. The van der Waals surface area contributed by atoms with Crippen molar-refractivity contribution >= 4 is 11.6 Å². The minimum absolute atomic E-state index is 0.0312. The van der Waals surface area contributed by atoms with Crippen molar-refractivity contribution < 1.29 is 9.59 Å². The van der Waals surface area contributed by atoms with Crippen molar-refractivity contribution in [1.82, 2.24) is 0 Å². The molecule has 0 aromatic heterocycles. The lowest BCUT2D eigenvalue weighted by molar-refractivity contribution is 0.0572. The van der Waals surface area contributed by atoms with Crippen molar-refractivity contribution in [1.29, 1.82) is 0 Å². The average Bonchev–Trinajstić information content (AvgIpc) is 3.27. The molecule has 3 aliphatic rings. The van der Waals surface area contributed by atoms with E-state index >= 15 is 0 Å². The molecule has 30 heavy (non-hydrogen) atoms. The number of unbranched alkanes of at least 4 members (excludes halogenated alkanes) is 9. The molecule has 1 aromatic carbocycles. The molecule has 2 fully saturated rings. The first kappa shape index (κ1) is 21.8. The highest BCUT2D eigenvalue weighted by Crippen LogP contribution is 2.63. The number of fused-ring (bicyclic) bond motifs is 6. The second-order valence-corrected chi connectivity index (χ2v) is 10.7. The van der Waals surface area contributed by atoms with Crippen molar-refractivity contribution in [3.8, 4) is 0 Å². The summed E-state index contributed by atoms with van der Waals surface area (Å²) in [6.45, 7) is 4.51. The van der Waals surface area contributed by atoms with Crippen LogP contribution < -0.4 is 0 Å². The van der Waals surface area contributed by atoms with Crippen molar-refractivity contribution in [3.63, 3.8) is 0 Å². The van der Waals surface area contributed by atoms with Gasteiger partial charge in [-0.15, -0.1) is 0 Å². The molecule has 4 atom stereocenters. The van der Waals surface area contributed by atoms with Gasteiger partial charge in [-0.05, 0) is 55.1 Å². The van der Waals surface area contributed by atoms with Crippen molar-refractivity contribution in [2.45, 2.75) is 104 Å². The predicted octanol–water partition coefficient (Wildman–Crippen LogP) is 7.58. The van der Waals surface area contributed by atoms with Crippen LogP contribution in [0.5, 0.6) is 0 Å². The molecule has 164 valence electrons. The van der Waals surface area contributed by atoms with E-state index in [1.165, 1.54) is 69.8 Å². The van der Waals surface area contributed by atoms with Gasteiger partial charge in [-0.3, -0.25) is 9.59 Å². The summed E-state index contributed by atoms with van der Waals surface area (Å²) in [5, 5.41) is 0. The molecule has 4 unspecified atom stereocenters. The van der Waals surface area contributed by atoms with E-state index in [2.05, 4.69) is 26.0 Å². The zero-order valence-corrected chi connectivity index (χ0v) is 19.2. The van der Waals surface area contributed by atoms with E-state index in [4.69, 9.17) is 0 Å². The van der Waals surface area contributed by atoms with Crippen LogP contribution in [0.1, 0.15) is 124 Å². The van der Waals surface area contributed by atoms with Gasteiger partial charge in [-0.25, -0.2) is 0 Å². The SMILES string of the molecule is CCCCCCCCCCCCc1ccc2c(c1)C(=O)C1C3CCC(C)(C3)C1C2=O. The van der Waals surface area contributed by atoms with E-state index in [9.17, 15) is 9.59 Å². The molecule has 0 heterocycles. The van der Waals surface area contributed by atoms with Gasteiger partial charge in [0.15, 0.2) is 11.6 Å². The molecular formula is C28H40O2. The van der Waals surface area contributed by atoms with Crippen LogP contribution >= 0.6 is 0 Å². The van der Waals surface area contributed by atoms with E-state index in [1.54, 1.807) is 0 Å². The number of hydrogen-bond acceptors (Lipinski definition) is 2. The topological polar surface area (TPSA) is 34.1 Å². The third-order valence-corrected chi connectivity index (χ3v) is 8.45. The average molecular weight is 409 g/mol. The van der Waals surface area contributed by atoms with Crippen LogP contribution in [-0.4, -0.2) is 11.6 Å². The minimum atomic E-state index is -0.0518. The Balaban J connectivity index is 1.27. The number of Topliss-reactive ketones (excluding diaryl/α,β-unsaturated/α-hetero) is 2. The molecule has 2 saturated carbocycles. The summed E-state index contributed by atoms with van der Waals surface area (Å²) in [7, 11) is 0. The number of ketones is 2. The number of carbonyl (C=O) groups excluding carboxylic acids is 2. The summed E-state index contributed by atoms with van der Waals surface area (Å²) in [6.07, 6.45) is 17.7. The van der Waals surface area contributed by atoms with Crippen molar-refractivity contribution in [3.05, 3.63) is 34.9 Å². The van der Waals surface area contributed by atoms with Gasteiger partial charge in [-0.1, -0.05) is 83.8 Å². The molecule has 4 rings (SSSR count). The number of aryl methyl sites for hydroxylation is 1. The lowest BCUT2D eigenvalue weighted by Crippen LogP contribution is -2.43. The highest BCUT2D eigenvalue weighted by molar-refractivity contribution is 6.16. The Labute approximate surface area is 183 Å². The van der Waals surface area contributed by atoms with Crippen LogP contribution in [0, 0.1) is 23.2 Å². The van der Waals surface area contributed by atoms with Crippen LogP contribution in [0.4, 0.5) is 0 Å². The molecule has 3 aliphatic carbocycles. The molecular weight excluding hydrogens is 368 g/mol. The predicted molar refractivity (Wildman–Crippen MR) is 123 cm³/mol. The van der Waals surface area contributed by atoms with Crippen molar-refractivity contribution in [2.75, 3.05) is 0 Å². The monoisotopic (exact) mass is 408 g/mol. The molecule has 2 nitrogen and oxygen atoms in total. The molecule has 1 aromatic rings. The first-order valence-corrected chi connectivity index (χ1v) is 12.8. The highest BCUT2D eigenvalue weighted by atomic mass is 16.1. The van der Waals surface area contributed by atoms with Gasteiger partial charge in [0.2, 0.25) is 0 Å². The molecule has 0 N–H and O–H groups in total. The van der Waals surface area contributed by atoms with E-state index in [-0.39, 0.29) is 28.8 Å². The van der Waals surface area contributed by atoms with Crippen LogP contribution in [0.3, 0.4) is 0 Å². The second kappa shape index (κ2) is 9.37. The first-order chi connectivity index (χ1) is 14.5. The van der Waals surface area contributed by atoms with Crippen molar-refractivity contribution in [2.24, 2.45) is 23.2 Å². The Morgan fingerprint density at radius 3 is 2.23 bits per heavy atom. The number of hydrogen-bond donors (Lipinski definition) is 0. The molecule has 0 aliphatic heterocycles. The zero-order chi connectivity index (χ0) is 21.1. The standard InChI is InChI=1S/C28H40O2/c1-3-4-5-6-7-8-9-10-11-12-13-20-14-15-22-23(18-20)26(29)24-21-16-17-28(2,19-21)25(24)27(22)30/h14-15,18,21,24-25H,3-13,16-17,19H2,1-2H3. The minimum Gasteiger partial charge on any atom is -0.294 e. The number of rotatable bonds is 11. The summed E-state index contributed by atoms with van der Waals surface area (Å²) in [6, 6.07) is 6.13. The van der Waals surface area contributed by atoms with Gasteiger partial charge in [0.25, 0.3) is 0 Å². The third-order valence-electron chi connectivity index (χ3n) is 8.45. The fourth-order valence-corrected chi connectivity index (χ4v) is 6.79. The van der Waals surface area contributed by atoms with Crippen LogP contribution in [-0.2, 0) is 6.42 Å². The van der Waals surface area contributed by atoms with Gasteiger partial charge >= 0.3 is 0 Å². The maximum absolute atomic E-state index is 13.3. The summed E-state index contributed by atoms with van der Waals surface area (Å²) < 4.78 is 0. The number of benzene rings is 1. The van der Waals surface area contributed by atoms with E-state index in [0.29, 0.717) is 11.5 Å². The van der Waals surface area contributed by atoms with Gasteiger partial charge < -0.3 is 0 Å². The molecule has 2 heteroatoms.